The Labute approximate surface area is 215 Å². The second kappa shape index (κ2) is 10.3. The van der Waals surface area contributed by atoms with E-state index in [1.54, 1.807) is 31.4 Å². The largest absolute Gasteiger partial charge is 0.368 e. The van der Waals surface area contributed by atoms with Crippen molar-refractivity contribution in [3.8, 4) is 0 Å². The molecule has 192 valence electrons. The van der Waals surface area contributed by atoms with E-state index in [0.29, 0.717) is 11.7 Å². The molecule has 1 aliphatic heterocycles. The third-order valence-corrected chi connectivity index (χ3v) is 8.57. The summed E-state index contributed by atoms with van der Waals surface area (Å²) in [6.45, 7) is 6.77. The minimum absolute atomic E-state index is 0.00678. The molecule has 3 aromatic rings. The van der Waals surface area contributed by atoms with E-state index >= 15 is 4.39 Å². The lowest BCUT2D eigenvalue weighted by Gasteiger charge is -2.35. The smallest absolute Gasteiger partial charge is 0.263 e. The van der Waals surface area contributed by atoms with Crippen LogP contribution in [0.1, 0.15) is 53.8 Å². The number of nitrogens with zero attached hydrogens (tertiary/aromatic N) is 6. The minimum Gasteiger partial charge on any atom is -0.368 e. The summed E-state index contributed by atoms with van der Waals surface area (Å²) >= 11 is 1.47. The van der Waals surface area contributed by atoms with Gasteiger partial charge in [0.15, 0.2) is 11.6 Å². The number of thiophene rings is 1. The standard InChI is InChI=1S/C26H34FN7OS/c1-4-32-9-11-33(12-10-32)18-13-20(27)25(30-15-18)34(28)22-14-19-21(16-29-22)36-24(26(35)31(2)3)23(19)17-7-5-6-8-17/h13-17H,4-12,28H2,1-3H3. The molecule has 0 unspecified atom stereocenters. The fourth-order valence-corrected chi connectivity index (χ4v) is 6.59. The lowest BCUT2D eigenvalue weighted by Crippen LogP contribution is -2.46. The van der Waals surface area contributed by atoms with E-state index in [2.05, 4.69) is 26.7 Å². The SMILES string of the molecule is CCN1CCN(c2cnc(N(N)c3cc4c(C5CCCC5)c(C(=O)N(C)C)sc4cn3)c(F)c2)CC1. The van der Waals surface area contributed by atoms with Gasteiger partial charge in [0.25, 0.3) is 5.91 Å². The number of rotatable bonds is 6. The van der Waals surface area contributed by atoms with Gasteiger partial charge in [-0.15, -0.1) is 11.3 Å². The average Bonchev–Trinajstić information content (AvgIpc) is 3.55. The van der Waals surface area contributed by atoms with Gasteiger partial charge in [-0.25, -0.2) is 25.2 Å². The third-order valence-electron chi connectivity index (χ3n) is 7.43. The van der Waals surface area contributed by atoms with E-state index in [4.69, 9.17) is 5.84 Å². The fourth-order valence-electron chi connectivity index (χ4n) is 5.33. The summed E-state index contributed by atoms with van der Waals surface area (Å²) in [5.74, 6) is 6.65. The Morgan fingerprint density at radius 2 is 1.86 bits per heavy atom. The maximum atomic E-state index is 15.2. The van der Waals surface area contributed by atoms with Crippen molar-refractivity contribution in [2.75, 3.05) is 56.7 Å². The van der Waals surface area contributed by atoms with Gasteiger partial charge < -0.3 is 14.7 Å². The molecule has 8 nitrogen and oxygen atoms in total. The van der Waals surface area contributed by atoms with Crippen LogP contribution in [0.4, 0.5) is 21.7 Å². The predicted octanol–water partition coefficient (Wildman–Crippen LogP) is 4.34. The number of carbonyl (C=O) groups is 1. The molecule has 2 fully saturated rings. The first-order valence-corrected chi connectivity index (χ1v) is 13.5. The summed E-state index contributed by atoms with van der Waals surface area (Å²) in [4.78, 5) is 28.8. The van der Waals surface area contributed by atoms with Crippen molar-refractivity contribution in [3.05, 3.63) is 40.8 Å². The highest BCUT2D eigenvalue weighted by Crippen LogP contribution is 2.44. The quantitative estimate of drug-likeness (QED) is 0.389. The van der Waals surface area contributed by atoms with Gasteiger partial charge in [0.1, 0.15) is 5.82 Å². The number of aromatic nitrogens is 2. The number of carbonyl (C=O) groups excluding carboxylic acids is 1. The number of amides is 1. The summed E-state index contributed by atoms with van der Waals surface area (Å²) in [5, 5.41) is 2.18. The Morgan fingerprint density at radius 1 is 1.14 bits per heavy atom. The fraction of sp³-hybridized carbons (Fsp3) is 0.500. The number of piperazine rings is 1. The van der Waals surface area contributed by atoms with Gasteiger partial charge in [0.05, 0.1) is 21.5 Å². The molecule has 0 aromatic carbocycles. The van der Waals surface area contributed by atoms with Crippen LogP contribution in [-0.4, -0.2) is 72.5 Å². The summed E-state index contributed by atoms with van der Waals surface area (Å²) in [6.07, 6.45) is 7.86. The maximum Gasteiger partial charge on any atom is 0.263 e. The van der Waals surface area contributed by atoms with Crippen LogP contribution in [0.15, 0.2) is 24.5 Å². The minimum atomic E-state index is -0.486. The molecule has 0 bridgehead atoms. The highest BCUT2D eigenvalue weighted by molar-refractivity contribution is 7.21. The van der Waals surface area contributed by atoms with E-state index in [1.165, 1.54) is 22.4 Å². The molecule has 4 heterocycles. The van der Waals surface area contributed by atoms with Crippen LogP contribution in [0.25, 0.3) is 10.1 Å². The zero-order valence-electron chi connectivity index (χ0n) is 21.2. The van der Waals surface area contributed by atoms with Crippen LogP contribution in [0.3, 0.4) is 0 Å². The number of halogens is 1. The number of hydrogen-bond acceptors (Lipinski definition) is 8. The number of hydrazine groups is 1. The van der Waals surface area contributed by atoms with Gasteiger partial charge in [-0.1, -0.05) is 19.8 Å². The Morgan fingerprint density at radius 3 is 2.50 bits per heavy atom. The third kappa shape index (κ3) is 4.65. The van der Waals surface area contributed by atoms with Gasteiger partial charge in [-0.3, -0.25) is 4.79 Å². The van der Waals surface area contributed by atoms with Crippen molar-refractivity contribution in [1.29, 1.82) is 0 Å². The van der Waals surface area contributed by atoms with Gasteiger partial charge in [0, 0.05) is 57.9 Å². The molecule has 1 saturated carbocycles. The molecular formula is C26H34FN7OS. The van der Waals surface area contributed by atoms with Crippen LogP contribution < -0.4 is 15.8 Å². The monoisotopic (exact) mass is 511 g/mol. The van der Waals surface area contributed by atoms with Crippen LogP contribution >= 0.6 is 11.3 Å². The first kappa shape index (κ1) is 24.9. The molecule has 10 heteroatoms. The Kier molecular flexibility index (Phi) is 7.09. The van der Waals surface area contributed by atoms with Crippen molar-refractivity contribution < 1.29 is 9.18 Å². The molecule has 1 saturated heterocycles. The van der Waals surface area contributed by atoms with Crippen molar-refractivity contribution in [2.45, 2.75) is 38.5 Å². The van der Waals surface area contributed by atoms with E-state index in [0.717, 1.165) is 84.6 Å². The first-order chi connectivity index (χ1) is 17.4. The Bertz CT molecular complexity index is 1250. The van der Waals surface area contributed by atoms with Crippen molar-refractivity contribution in [1.82, 2.24) is 19.8 Å². The average molecular weight is 512 g/mol. The normalized spacial score (nSPS) is 17.2. The molecule has 3 aromatic heterocycles. The Balaban J connectivity index is 1.46. The number of likely N-dealkylation sites (N-methyl/N-ethyl adjacent to an activating group) is 1. The highest BCUT2D eigenvalue weighted by Gasteiger charge is 2.29. The molecule has 0 spiro atoms. The molecule has 0 atom stereocenters. The molecule has 5 rings (SSSR count). The molecule has 1 aliphatic carbocycles. The van der Waals surface area contributed by atoms with Gasteiger partial charge in [0.2, 0.25) is 0 Å². The summed E-state index contributed by atoms with van der Waals surface area (Å²) in [6, 6.07) is 3.38. The highest BCUT2D eigenvalue weighted by atomic mass is 32.1. The number of fused-ring (bicyclic) bond motifs is 1. The second-order valence-electron chi connectivity index (χ2n) is 9.85. The van der Waals surface area contributed by atoms with Crippen LogP contribution in [0, 0.1) is 5.82 Å². The van der Waals surface area contributed by atoms with Crippen LogP contribution in [0.2, 0.25) is 0 Å². The van der Waals surface area contributed by atoms with E-state index < -0.39 is 5.82 Å². The lowest BCUT2D eigenvalue weighted by molar-refractivity contribution is 0.0831. The summed E-state index contributed by atoms with van der Waals surface area (Å²) < 4.78 is 16.2. The first-order valence-electron chi connectivity index (χ1n) is 12.7. The maximum absolute atomic E-state index is 15.2. The molecule has 2 aliphatic rings. The molecule has 36 heavy (non-hydrogen) atoms. The summed E-state index contributed by atoms with van der Waals surface area (Å²) in [7, 11) is 3.55. The second-order valence-corrected chi connectivity index (χ2v) is 10.9. The number of pyridine rings is 2. The molecule has 1 amide bonds. The number of nitrogens with two attached hydrogens (primary N) is 1. The van der Waals surface area contributed by atoms with Gasteiger partial charge >= 0.3 is 0 Å². The van der Waals surface area contributed by atoms with Gasteiger partial charge in [-0.2, -0.15) is 0 Å². The zero-order valence-corrected chi connectivity index (χ0v) is 22.0. The Hall–Kier alpha value is -2.82. The zero-order chi connectivity index (χ0) is 25.4. The van der Waals surface area contributed by atoms with E-state index in [-0.39, 0.29) is 11.7 Å². The van der Waals surface area contributed by atoms with Gasteiger partial charge in [-0.05, 0) is 36.9 Å². The van der Waals surface area contributed by atoms with Crippen molar-refractivity contribution in [3.63, 3.8) is 0 Å². The van der Waals surface area contributed by atoms with Crippen LogP contribution in [0.5, 0.6) is 0 Å². The number of anilines is 3. The van der Waals surface area contributed by atoms with E-state index in [1.807, 2.05) is 6.07 Å². The molecular weight excluding hydrogens is 477 g/mol. The van der Waals surface area contributed by atoms with Crippen LogP contribution in [-0.2, 0) is 0 Å². The van der Waals surface area contributed by atoms with Crippen molar-refractivity contribution >= 4 is 44.7 Å². The summed E-state index contributed by atoms with van der Waals surface area (Å²) in [5.41, 5.74) is 1.84. The lowest BCUT2D eigenvalue weighted by atomic mass is 9.94. The van der Waals surface area contributed by atoms with E-state index in [9.17, 15) is 4.79 Å². The topological polar surface area (TPSA) is 81.8 Å². The molecule has 2 N–H and O–H groups in total. The predicted molar refractivity (Wildman–Crippen MR) is 144 cm³/mol. The molecule has 0 radical (unpaired) electrons. The number of hydrogen-bond donors (Lipinski definition) is 1. The van der Waals surface area contributed by atoms with Crippen molar-refractivity contribution in [2.24, 2.45) is 5.84 Å².